The summed E-state index contributed by atoms with van der Waals surface area (Å²) in [6.45, 7) is 7.96. The third-order valence-corrected chi connectivity index (χ3v) is 3.96. The molecule has 0 saturated carbocycles. The zero-order valence-corrected chi connectivity index (χ0v) is 13.9. The fourth-order valence-electron chi connectivity index (χ4n) is 1.78. The summed E-state index contributed by atoms with van der Waals surface area (Å²) in [6, 6.07) is 0. The van der Waals surface area contributed by atoms with Crippen LogP contribution >= 0.6 is 11.3 Å². The third kappa shape index (κ3) is 5.51. The molecule has 0 bridgehead atoms. The van der Waals surface area contributed by atoms with Crippen LogP contribution in [0.5, 0.6) is 0 Å². The number of aliphatic hydroxyl groups excluding tert-OH is 1. The number of carbonyl (C=O) groups excluding carboxylic acids is 1. The summed E-state index contributed by atoms with van der Waals surface area (Å²) in [5.41, 5.74) is 5.86. The number of anilines is 2. The Morgan fingerprint density at radius 3 is 2.76 bits per heavy atom. The molecule has 0 aliphatic heterocycles. The van der Waals surface area contributed by atoms with Gasteiger partial charge in [0, 0.05) is 19.6 Å². The maximum absolute atomic E-state index is 12.5. The highest BCUT2D eigenvalue weighted by Gasteiger charge is 2.21. The number of nitrogens with one attached hydrogen (secondary N) is 1. The van der Waals surface area contributed by atoms with Crippen molar-refractivity contribution in [3.05, 3.63) is 4.88 Å². The zero-order chi connectivity index (χ0) is 15.8. The first-order valence-electron chi connectivity index (χ1n) is 7.39. The number of hydrogen-bond acceptors (Lipinski definition) is 6. The Kier molecular flexibility index (Phi) is 7.45. The van der Waals surface area contributed by atoms with Crippen molar-refractivity contribution in [3.63, 3.8) is 0 Å². The average Bonchev–Trinajstić information content (AvgIpc) is 2.81. The van der Waals surface area contributed by atoms with E-state index in [-0.39, 0.29) is 18.3 Å². The van der Waals surface area contributed by atoms with Gasteiger partial charge in [0.2, 0.25) is 0 Å². The quantitative estimate of drug-likeness (QED) is 0.648. The van der Waals surface area contributed by atoms with Gasteiger partial charge in [-0.1, -0.05) is 38.5 Å². The first-order valence-corrected chi connectivity index (χ1v) is 8.21. The lowest BCUT2D eigenvalue weighted by molar-refractivity contribution is 0.0725. The highest BCUT2D eigenvalue weighted by molar-refractivity contribution is 7.18. The van der Waals surface area contributed by atoms with Gasteiger partial charge in [0.15, 0.2) is 5.13 Å². The maximum atomic E-state index is 12.5. The predicted molar refractivity (Wildman–Crippen MR) is 87.8 cm³/mol. The van der Waals surface area contributed by atoms with E-state index in [9.17, 15) is 4.79 Å². The predicted octanol–water partition coefficient (Wildman–Crippen LogP) is 2.03. The first kappa shape index (κ1) is 17.7. The van der Waals surface area contributed by atoms with Gasteiger partial charge in [-0.05, 0) is 12.3 Å². The number of aromatic nitrogens is 1. The molecule has 1 aromatic rings. The van der Waals surface area contributed by atoms with Crippen LogP contribution in [-0.2, 0) is 0 Å². The SMILES string of the molecule is CCCCN(CCO)C(=O)c1sc(NCC(C)C)nc1N. The topological polar surface area (TPSA) is 91.5 Å². The van der Waals surface area contributed by atoms with Crippen molar-refractivity contribution in [2.75, 3.05) is 37.3 Å². The van der Waals surface area contributed by atoms with Crippen molar-refractivity contribution in [1.82, 2.24) is 9.88 Å². The van der Waals surface area contributed by atoms with Gasteiger partial charge in [-0.2, -0.15) is 0 Å². The molecule has 21 heavy (non-hydrogen) atoms. The first-order chi connectivity index (χ1) is 9.99. The molecular formula is C14H26N4O2S. The van der Waals surface area contributed by atoms with E-state index in [2.05, 4.69) is 31.1 Å². The molecule has 120 valence electrons. The van der Waals surface area contributed by atoms with Gasteiger partial charge in [-0.15, -0.1) is 0 Å². The van der Waals surface area contributed by atoms with Crippen molar-refractivity contribution >= 4 is 28.2 Å². The maximum Gasteiger partial charge on any atom is 0.267 e. The van der Waals surface area contributed by atoms with Gasteiger partial charge in [0.25, 0.3) is 5.91 Å². The number of nitrogens with two attached hydrogens (primary N) is 1. The largest absolute Gasteiger partial charge is 0.395 e. The minimum atomic E-state index is -0.148. The van der Waals surface area contributed by atoms with Crippen LogP contribution in [0.2, 0.25) is 0 Å². The van der Waals surface area contributed by atoms with Crippen molar-refractivity contribution < 1.29 is 9.90 Å². The Bertz CT molecular complexity index is 448. The van der Waals surface area contributed by atoms with Crippen LogP contribution in [0, 0.1) is 5.92 Å². The Morgan fingerprint density at radius 1 is 1.48 bits per heavy atom. The summed E-state index contributed by atoms with van der Waals surface area (Å²) in [6.07, 6.45) is 1.90. The van der Waals surface area contributed by atoms with Gasteiger partial charge >= 0.3 is 0 Å². The van der Waals surface area contributed by atoms with Crippen molar-refractivity contribution in [2.45, 2.75) is 33.6 Å². The minimum absolute atomic E-state index is 0.0490. The minimum Gasteiger partial charge on any atom is -0.395 e. The van der Waals surface area contributed by atoms with E-state index in [0.717, 1.165) is 19.4 Å². The Balaban J connectivity index is 2.79. The van der Waals surface area contributed by atoms with Crippen LogP contribution in [0.15, 0.2) is 0 Å². The molecule has 7 heteroatoms. The number of unbranched alkanes of at least 4 members (excludes halogenated alkanes) is 1. The number of amides is 1. The molecule has 6 nitrogen and oxygen atoms in total. The van der Waals surface area contributed by atoms with E-state index in [4.69, 9.17) is 10.8 Å². The van der Waals surface area contributed by atoms with Crippen LogP contribution in [0.3, 0.4) is 0 Å². The Morgan fingerprint density at radius 2 is 2.19 bits per heavy atom. The second-order valence-corrected chi connectivity index (χ2v) is 6.38. The van der Waals surface area contributed by atoms with E-state index >= 15 is 0 Å². The molecule has 1 heterocycles. The Hall–Kier alpha value is -1.34. The smallest absolute Gasteiger partial charge is 0.267 e. The van der Waals surface area contributed by atoms with Gasteiger partial charge in [0.1, 0.15) is 10.7 Å². The van der Waals surface area contributed by atoms with Crippen LogP contribution in [-0.4, -0.2) is 47.1 Å². The molecule has 0 aliphatic rings. The highest BCUT2D eigenvalue weighted by atomic mass is 32.1. The van der Waals surface area contributed by atoms with E-state index in [1.165, 1.54) is 11.3 Å². The molecule has 0 saturated heterocycles. The lowest BCUT2D eigenvalue weighted by Gasteiger charge is -2.20. The summed E-state index contributed by atoms with van der Waals surface area (Å²) < 4.78 is 0. The standard InChI is InChI=1S/C14H26N4O2S/c1-4-5-6-18(7-8-19)13(20)11-12(15)17-14(21-11)16-9-10(2)3/h10,19H,4-9,15H2,1-3H3,(H,16,17). The Labute approximate surface area is 130 Å². The van der Waals surface area contributed by atoms with Crippen molar-refractivity contribution in [3.8, 4) is 0 Å². The van der Waals surface area contributed by atoms with Crippen LogP contribution in [0.1, 0.15) is 43.3 Å². The fraction of sp³-hybridized carbons (Fsp3) is 0.714. The summed E-state index contributed by atoms with van der Waals surface area (Å²) in [7, 11) is 0. The zero-order valence-electron chi connectivity index (χ0n) is 13.1. The molecule has 0 aliphatic carbocycles. The lowest BCUT2D eigenvalue weighted by Crippen LogP contribution is -2.34. The highest BCUT2D eigenvalue weighted by Crippen LogP contribution is 2.26. The molecule has 0 unspecified atom stereocenters. The molecule has 0 aromatic carbocycles. The van der Waals surface area contributed by atoms with Crippen molar-refractivity contribution in [1.29, 1.82) is 0 Å². The lowest BCUT2D eigenvalue weighted by atomic mass is 10.2. The number of thiazole rings is 1. The number of aliphatic hydroxyl groups is 1. The van der Waals surface area contributed by atoms with E-state index in [0.29, 0.717) is 29.0 Å². The molecule has 1 aromatic heterocycles. The fourth-order valence-corrected chi connectivity index (χ4v) is 2.64. The third-order valence-electron chi connectivity index (χ3n) is 2.95. The second-order valence-electron chi connectivity index (χ2n) is 5.38. The van der Waals surface area contributed by atoms with Gasteiger partial charge in [-0.3, -0.25) is 4.79 Å². The van der Waals surface area contributed by atoms with Gasteiger partial charge < -0.3 is 21.1 Å². The van der Waals surface area contributed by atoms with Crippen LogP contribution in [0.4, 0.5) is 10.9 Å². The molecule has 1 amide bonds. The van der Waals surface area contributed by atoms with E-state index in [1.807, 2.05) is 0 Å². The van der Waals surface area contributed by atoms with E-state index in [1.54, 1.807) is 4.90 Å². The number of rotatable bonds is 9. The van der Waals surface area contributed by atoms with Crippen LogP contribution < -0.4 is 11.1 Å². The monoisotopic (exact) mass is 314 g/mol. The average molecular weight is 314 g/mol. The molecule has 4 N–H and O–H groups in total. The van der Waals surface area contributed by atoms with Crippen LogP contribution in [0.25, 0.3) is 0 Å². The molecule has 1 rings (SSSR count). The van der Waals surface area contributed by atoms with Gasteiger partial charge in [0.05, 0.1) is 6.61 Å². The number of nitrogen functional groups attached to an aromatic ring is 1. The molecule has 0 atom stereocenters. The summed E-state index contributed by atoms with van der Waals surface area (Å²) in [5.74, 6) is 0.602. The molecular weight excluding hydrogens is 288 g/mol. The number of carbonyl (C=O) groups is 1. The summed E-state index contributed by atoms with van der Waals surface area (Å²) >= 11 is 1.28. The summed E-state index contributed by atoms with van der Waals surface area (Å²) in [5, 5.41) is 13.0. The normalized spacial score (nSPS) is 10.9. The number of hydrogen-bond donors (Lipinski definition) is 3. The van der Waals surface area contributed by atoms with E-state index < -0.39 is 0 Å². The summed E-state index contributed by atoms with van der Waals surface area (Å²) in [4.78, 5) is 18.8. The molecule has 0 fully saturated rings. The molecule has 0 radical (unpaired) electrons. The second kappa shape index (κ2) is 8.84. The van der Waals surface area contributed by atoms with Gasteiger partial charge in [-0.25, -0.2) is 4.98 Å². The van der Waals surface area contributed by atoms with Crippen molar-refractivity contribution in [2.24, 2.45) is 5.92 Å². The molecule has 0 spiro atoms. The number of nitrogens with zero attached hydrogens (tertiary/aromatic N) is 2.